The van der Waals surface area contributed by atoms with E-state index >= 15 is 0 Å². The third kappa shape index (κ3) is 4.77. The molecule has 0 N–H and O–H groups in total. The van der Waals surface area contributed by atoms with Crippen LogP contribution >= 0.6 is 11.8 Å². The van der Waals surface area contributed by atoms with Crippen LogP contribution in [0, 0.1) is 5.82 Å². The van der Waals surface area contributed by atoms with E-state index in [2.05, 4.69) is 11.9 Å². The third-order valence-electron chi connectivity index (χ3n) is 4.02. The van der Waals surface area contributed by atoms with Gasteiger partial charge < -0.3 is 4.74 Å². The Kier molecular flexibility index (Phi) is 6.29. The van der Waals surface area contributed by atoms with E-state index in [1.54, 1.807) is 25.2 Å². The first kappa shape index (κ1) is 19.2. The number of halogens is 1. The van der Waals surface area contributed by atoms with Crippen LogP contribution in [0.2, 0.25) is 0 Å². The number of thioether (sulfide) groups is 1. The van der Waals surface area contributed by atoms with Crippen molar-refractivity contribution < 1.29 is 13.9 Å². The zero-order valence-corrected chi connectivity index (χ0v) is 16.1. The fourth-order valence-corrected chi connectivity index (χ4v) is 3.42. The number of hydrogen-bond donors (Lipinski definition) is 0. The first-order valence-corrected chi connectivity index (χ1v) is 9.64. The van der Waals surface area contributed by atoms with Gasteiger partial charge in [0.05, 0.1) is 11.5 Å². The normalized spacial score (nSPS) is 17.1. The number of unbranched alkanes of at least 4 members (excludes halogenated alkanes) is 1. The number of amides is 1. The van der Waals surface area contributed by atoms with E-state index in [0.717, 1.165) is 24.2 Å². The zero-order chi connectivity index (χ0) is 19.2. The minimum atomic E-state index is -0.414. The molecular formula is C21H21FN2O2S. The molecule has 0 spiro atoms. The summed E-state index contributed by atoms with van der Waals surface area (Å²) in [5.74, 6) is 0.246. The number of amidine groups is 1. The predicted octanol–water partition coefficient (Wildman–Crippen LogP) is 5.24. The fourth-order valence-electron chi connectivity index (χ4n) is 2.44. The summed E-state index contributed by atoms with van der Waals surface area (Å²) < 4.78 is 19.5. The second-order valence-corrected chi connectivity index (χ2v) is 7.10. The van der Waals surface area contributed by atoms with Crippen molar-refractivity contribution >= 4 is 34.6 Å². The molecule has 27 heavy (non-hydrogen) atoms. The van der Waals surface area contributed by atoms with E-state index in [1.165, 1.54) is 22.7 Å². The van der Waals surface area contributed by atoms with Gasteiger partial charge in [0.15, 0.2) is 5.17 Å². The number of aliphatic imine (C=N–C) groups is 1. The highest BCUT2D eigenvalue weighted by Gasteiger charge is 2.30. The molecule has 1 amide bonds. The highest BCUT2D eigenvalue weighted by Crippen LogP contribution is 2.33. The van der Waals surface area contributed by atoms with Crippen molar-refractivity contribution in [2.24, 2.45) is 4.99 Å². The van der Waals surface area contributed by atoms with Crippen LogP contribution in [0.5, 0.6) is 5.75 Å². The van der Waals surface area contributed by atoms with Crippen LogP contribution in [0.25, 0.3) is 6.08 Å². The van der Waals surface area contributed by atoms with Crippen LogP contribution in [-0.2, 0) is 4.79 Å². The van der Waals surface area contributed by atoms with Gasteiger partial charge >= 0.3 is 0 Å². The summed E-state index contributed by atoms with van der Waals surface area (Å²) in [4.78, 5) is 18.7. The lowest BCUT2D eigenvalue weighted by Crippen LogP contribution is -2.23. The highest BCUT2D eigenvalue weighted by atomic mass is 32.2. The Bertz CT molecular complexity index is 878. The molecule has 0 bridgehead atoms. The number of ether oxygens (including phenoxy) is 1. The van der Waals surface area contributed by atoms with E-state index in [0.29, 0.717) is 16.7 Å². The summed E-state index contributed by atoms with van der Waals surface area (Å²) in [6.45, 7) is 2.82. The molecule has 1 aliphatic heterocycles. The van der Waals surface area contributed by atoms with E-state index in [9.17, 15) is 9.18 Å². The Morgan fingerprint density at radius 1 is 1.19 bits per heavy atom. The lowest BCUT2D eigenvalue weighted by Gasteiger charge is -2.07. The maximum Gasteiger partial charge on any atom is 0.266 e. The molecule has 0 radical (unpaired) electrons. The van der Waals surface area contributed by atoms with Gasteiger partial charge in [-0.2, -0.15) is 0 Å². The van der Waals surface area contributed by atoms with Crippen molar-refractivity contribution in [1.82, 2.24) is 4.90 Å². The average Bonchev–Trinajstić information content (AvgIpc) is 2.93. The second-order valence-electron chi connectivity index (χ2n) is 6.09. The third-order valence-corrected chi connectivity index (χ3v) is 5.08. The van der Waals surface area contributed by atoms with Crippen molar-refractivity contribution in [1.29, 1.82) is 0 Å². The van der Waals surface area contributed by atoms with Crippen LogP contribution in [0.15, 0.2) is 58.4 Å². The maximum atomic E-state index is 13.8. The molecule has 6 heteroatoms. The molecular weight excluding hydrogens is 363 g/mol. The van der Waals surface area contributed by atoms with Gasteiger partial charge in [-0.05, 0) is 54.1 Å². The molecule has 0 aliphatic carbocycles. The minimum absolute atomic E-state index is 0.154. The van der Waals surface area contributed by atoms with Crippen molar-refractivity contribution in [3.63, 3.8) is 0 Å². The van der Waals surface area contributed by atoms with Crippen LogP contribution in [-0.4, -0.2) is 29.6 Å². The number of hydrogen-bond acceptors (Lipinski definition) is 4. The monoisotopic (exact) mass is 384 g/mol. The van der Waals surface area contributed by atoms with Gasteiger partial charge in [-0.25, -0.2) is 9.38 Å². The van der Waals surface area contributed by atoms with Crippen LogP contribution in [0.3, 0.4) is 0 Å². The summed E-state index contributed by atoms with van der Waals surface area (Å²) in [6, 6.07) is 13.9. The first-order chi connectivity index (χ1) is 13.1. The van der Waals surface area contributed by atoms with Gasteiger partial charge in [0.25, 0.3) is 5.91 Å². The van der Waals surface area contributed by atoms with Gasteiger partial charge in [-0.3, -0.25) is 9.69 Å². The average molecular weight is 384 g/mol. The molecule has 1 aliphatic rings. The van der Waals surface area contributed by atoms with Gasteiger partial charge in [0.2, 0.25) is 0 Å². The van der Waals surface area contributed by atoms with Crippen molar-refractivity contribution in [3.8, 4) is 5.75 Å². The molecule has 140 valence electrons. The lowest BCUT2D eigenvalue weighted by atomic mass is 10.2. The number of para-hydroxylation sites is 1. The first-order valence-electron chi connectivity index (χ1n) is 8.82. The summed E-state index contributed by atoms with van der Waals surface area (Å²) in [6.07, 6.45) is 3.92. The van der Waals surface area contributed by atoms with Gasteiger partial charge in [-0.1, -0.05) is 37.6 Å². The van der Waals surface area contributed by atoms with Crippen molar-refractivity contribution in [2.45, 2.75) is 19.8 Å². The maximum absolute atomic E-state index is 13.8. The van der Waals surface area contributed by atoms with Crippen LogP contribution in [0.4, 0.5) is 10.1 Å². The summed E-state index contributed by atoms with van der Waals surface area (Å²) in [5.41, 5.74) is 1.11. The van der Waals surface area contributed by atoms with Crippen molar-refractivity contribution in [3.05, 3.63) is 64.8 Å². The van der Waals surface area contributed by atoms with Crippen LogP contribution in [0.1, 0.15) is 25.3 Å². The van der Waals surface area contributed by atoms with E-state index in [-0.39, 0.29) is 11.6 Å². The van der Waals surface area contributed by atoms with E-state index in [4.69, 9.17) is 4.74 Å². The molecule has 0 saturated carbocycles. The number of nitrogens with zero attached hydrogens (tertiary/aromatic N) is 2. The van der Waals surface area contributed by atoms with Gasteiger partial charge in [0, 0.05) is 7.05 Å². The number of likely N-dealkylation sites (N-methyl/N-ethyl adjacent to an activating group) is 1. The smallest absolute Gasteiger partial charge is 0.266 e. The zero-order valence-electron chi connectivity index (χ0n) is 15.3. The molecule has 0 unspecified atom stereocenters. The summed E-state index contributed by atoms with van der Waals surface area (Å²) in [7, 11) is 1.64. The minimum Gasteiger partial charge on any atom is -0.494 e. The van der Waals surface area contributed by atoms with E-state index < -0.39 is 5.82 Å². The fraction of sp³-hybridized carbons (Fsp3) is 0.238. The molecule has 4 nitrogen and oxygen atoms in total. The van der Waals surface area contributed by atoms with Crippen molar-refractivity contribution in [2.75, 3.05) is 13.7 Å². The highest BCUT2D eigenvalue weighted by molar-refractivity contribution is 8.18. The molecule has 0 aromatic heterocycles. The van der Waals surface area contributed by atoms with Gasteiger partial charge in [0.1, 0.15) is 17.3 Å². The quantitative estimate of drug-likeness (QED) is 0.505. The predicted molar refractivity (Wildman–Crippen MR) is 109 cm³/mol. The molecule has 0 atom stereocenters. The van der Waals surface area contributed by atoms with E-state index in [1.807, 2.05) is 30.3 Å². The number of carbonyl (C=O) groups excluding carboxylic acids is 1. The Morgan fingerprint density at radius 2 is 1.93 bits per heavy atom. The Balaban J connectivity index is 1.75. The molecule has 1 fully saturated rings. The molecule has 2 aromatic rings. The summed E-state index contributed by atoms with van der Waals surface area (Å²) in [5, 5.41) is 0.455. The van der Waals surface area contributed by atoms with Crippen LogP contribution < -0.4 is 4.74 Å². The molecule has 1 saturated heterocycles. The number of carbonyl (C=O) groups is 1. The Hall–Kier alpha value is -2.60. The Labute approximate surface area is 162 Å². The largest absolute Gasteiger partial charge is 0.494 e. The lowest BCUT2D eigenvalue weighted by molar-refractivity contribution is -0.121. The topological polar surface area (TPSA) is 41.9 Å². The number of rotatable bonds is 6. The number of benzene rings is 2. The summed E-state index contributed by atoms with van der Waals surface area (Å²) >= 11 is 1.24. The Morgan fingerprint density at radius 3 is 2.63 bits per heavy atom. The second kappa shape index (κ2) is 8.86. The SMILES string of the molecule is CCCCOc1ccc(/C=C2/SC(=Nc3ccccc3F)N(C)C2=O)cc1. The molecule has 1 heterocycles. The molecule has 3 rings (SSSR count). The van der Waals surface area contributed by atoms with Gasteiger partial charge in [-0.15, -0.1) is 0 Å². The molecule has 2 aromatic carbocycles. The standard InChI is InChI=1S/C21H21FN2O2S/c1-3-4-13-26-16-11-9-15(10-12-16)14-19-20(25)24(2)21(27-19)23-18-8-6-5-7-17(18)22/h5-12,14H,3-4,13H2,1-2H3/b19-14+,23-21?.